The van der Waals surface area contributed by atoms with Gasteiger partial charge in [0.15, 0.2) is 12.3 Å². The third-order valence-corrected chi connectivity index (χ3v) is 5.09. The monoisotopic (exact) mass is 287 g/mol. The predicted octanol–water partition coefficient (Wildman–Crippen LogP) is 2.53. The van der Waals surface area contributed by atoms with Gasteiger partial charge in [-0.25, -0.2) is 4.99 Å². The summed E-state index contributed by atoms with van der Waals surface area (Å²) >= 11 is 0. The largest absolute Gasteiger partial charge is 0.329 e. The molecular formula is C20H19N2+. The number of aryl methyl sites for hydroxylation is 1. The van der Waals surface area contributed by atoms with Crippen molar-refractivity contribution < 1.29 is 4.99 Å². The lowest BCUT2D eigenvalue weighted by Gasteiger charge is -2.17. The van der Waals surface area contributed by atoms with Crippen LogP contribution in [0.4, 0.5) is 0 Å². The standard InChI is InChI=1S/C20H18N2/c1-2-5-14(6-3-1)15-9-10-19-17(13-15)16-7-4-8-18-20(16)22(19)12-11-21-18/h1-3,5-6,9-10,13H,4,7-8,11-12H2/p+1. The van der Waals surface area contributed by atoms with Crippen LogP contribution >= 0.6 is 0 Å². The number of nitrogens with one attached hydrogen (secondary N) is 1. The SMILES string of the molecule is c1ccc(-c2ccc3c(c2)c2c4n3CC[NH+]=C4CCC2)cc1. The molecule has 3 aromatic rings. The van der Waals surface area contributed by atoms with Gasteiger partial charge in [0.2, 0.25) is 0 Å². The van der Waals surface area contributed by atoms with E-state index in [1.54, 1.807) is 5.56 Å². The molecular weight excluding hydrogens is 268 g/mol. The van der Waals surface area contributed by atoms with Gasteiger partial charge >= 0.3 is 0 Å². The van der Waals surface area contributed by atoms with Crippen molar-refractivity contribution in [3.63, 3.8) is 0 Å². The topological polar surface area (TPSA) is 18.9 Å². The Balaban J connectivity index is 1.79. The fourth-order valence-electron chi connectivity index (χ4n) is 4.12. The van der Waals surface area contributed by atoms with E-state index in [4.69, 9.17) is 0 Å². The summed E-state index contributed by atoms with van der Waals surface area (Å²) in [5.74, 6) is 0. The highest BCUT2D eigenvalue weighted by molar-refractivity contribution is 6.05. The first-order valence-corrected chi connectivity index (χ1v) is 8.22. The van der Waals surface area contributed by atoms with Crippen molar-refractivity contribution >= 4 is 16.6 Å². The van der Waals surface area contributed by atoms with Gasteiger partial charge in [0.1, 0.15) is 5.69 Å². The van der Waals surface area contributed by atoms with Crippen LogP contribution in [0.3, 0.4) is 0 Å². The lowest BCUT2D eigenvalue weighted by Crippen LogP contribution is -2.76. The molecule has 108 valence electrons. The van der Waals surface area contributed by atoms with Crippen molar-refractivity contribution in [1.82, 2.24) is 4.57 Å². The molecule has 5 rings (SSSR count). The summed E-state index contributed by atoms with van der Waals surface area (Å²) in [6.07, 6.45) is 3.68. The maximum absolute atomic E-state index is 3.62. The molecule has 0 radical (unpaired) electrons. The van der Waals surface area contributed by atoms with Crippen LogP contribution in [0.15, 0.2) is 48.5 Å². The Bertz CT molecular complexity index is 900. The molecule has 2 aliphatic rings. The number of benzene rings is 2. The summed E-state index contributed by atoms with van der Waals surface area (Å²) in [4.78, 5) is 3.62. The average molecular weight is 287 g/mol. The molecule has 0 saturated carbocycles. The van der Waals surface area contributed by atoms with E-state index in [9.17, 15) is 0 Å². The smallest absolute Gasteiger partial charge is 0.198 e. The number of hydrogen-bond acceptors (Lipinski definition) is 0. The normalized spacial score (nSPS) is 16.5. The number of aromatic nitrogens is 1. The first-order valence-electron chi connectivity index (χ1n) is 8.22. The molecule has 2 heteroatoms. The van der Waals surface area contributed by atoms with Gasteiger partial charge in [-0.3, -0.25) is 0 Å². The van der Waals surface area contributed by atoms with Crippen LogP contribution in [0.1, 0.15) is 24.1 Å². The second-order valence-electron chi connectivity index (χ2n) is 6.34. The van der Waals surface area contributed by atoms with E-state index in [-0.39, 0.29) is 0 Å². The maximum Gasteiger partial charge on any atom is 0.198 e. The fourth-order valence-corrected chi connectivity index (χ4v) is 4.12. The summed E-state index contributed by atoms with van der Waals surface area (Å²) in [5, 5.41) is 1.46. The number of rotatable bonds is 1. The van der Waals surface area contributed by atoms with Crippen molar-refractivity contribution in [2.75, 3.05) is 6.54 Å². The minimum absolute atomic E-state index is 1.06. The van der Waals surface area contributed by atoms with Crippen LogP contribution < -0.4 is 4.99 Å². The predicted molar refractivity (Wildman–Crippen MR) is 90.3 cm³/mol. The second kappa shape index (κ2) is 4.57. The fraction of sp³-hybridized carbons (Fsp3) is 0.250. The van der Waals surface area contributed by atoms with E-state index in [0.29, 0.717) is 0 Å². The minimum atomic E-state index is 1.06. The second-order valence-corrected chi connectivity index (χ2v) is 6.34. The molecule has 22 heavy (non-hydrogen) atoms. The molecule has 1 N–H and O–H groups in total. The molecule has 2 heterocycles. The molecule has 0 fully saturated rings. The van der Waals surface area contributed by atoms with Gasteiger partial charge in [-0.1, -0.05) is 36.4 Å². The van der Waals surface area contributed by atoms with Crippen molar-refractivity contribution in [3.05, 3.63) is 59.8 Å². The molecule has 1 aliphatic heterocycles. The first kappa shape index (κ1) is 12.2. The number of hydrogen-bond donors (Lipinski definition) is 1. The number of nitrogens with zero attached hydrogens (tertiary/aromatic N) is 1. The van der Waals surface area contributed by atoms with Crippen LogP contribution in [0.5, 0.6) is 0 Å². The number of fused-ring (bicyclic) bond motifs is 3. The van der Waals surface area contributed by atoms with Gasteiger partial charge in [-0.2, -0.15) is 0 Å². The summed E-state index contributed by atoms with van der Waals surface area (Å²) in [6, 6.07) is 17.7. The third kappa shape index (κ3) is 1.64. The van der Waals surface area contributed by atoms with Crippen LogP contribution in [0.25, 0.3) is 22.0 Å². The summed E-state index contributed by atoms with van der Waals surface area (Å²) in [5.41, 5.74) is 8.54. The van der Waals surface area contributed by atoms with E-state index in [0.717, 1.165) is 13.1 Å². The summed E-state index contributed by atoms with van der Waals surface area (Å²) in [6.45, 7) is 2.14. The van der Waals surface area contributed by atoms with Crippen molar-refractivity contribution in [3.8, 4) is 11.1 Å². The van der Waals surface area contributed by atoms with Gasteiger partial charge in [-0.15, -0.1) is 0 Å². The molecule has 0 atom stereocenters. The zero-order valence-corrected chi connectivity index (χ0v) is 12.6. The third-order valence-electron chi connectivity index (χ3n) is 5.09. The van der Waals surface area contributed by atoms with Crippen LogP contribution in [-0.2, 0) is 13.0 Å². The Kier molecular flexibility index (Phi) is 2.54. The Morgan fingerprint density at radius 2 is 1.82 bits per heavy atom. The first-order chi connectivity index (χ1) is 10.9. The highest BCUT2D eigenvalue weighted by Gasteiger charge is 2.30. The Hall–Kier alpha value is -2.35. The van der Waals surface area contributed by atoms with Crippen LogP contribution in [-0.4, -0.2) is 16.8 Å². The Morgan fingerprint density at radius 1 is 0.909 bits per heavy atom. The van der Waals surface area contributed by atoms with Crippen molar-refractivity contribution in [1.29, 1.82) is 0 Å². The van der Waals surface area contributed by atoms with E-state index in [1.165, 1.54) is 52.7 Å². The minimum Gasteiger partial charge on any atom is -0.329 e. The molecule has 0 saturated heterocycles. The van der Waals surface area contributed by atoms with E-state index < -0.39 is 0 Å². The Morgan fingerprint density at radius 3 is 2.73 bits per heavy atom. The van der Waals surface area contributed by atoms with Crippen LogP contribution in [0, 0.1) is 0 Å². The van der Waals surface area contributed by atoms with Gasteiger partial charge in [0.05, 0.1) is 6.54 Å². The molecule has 0 bridgehead atoms. The van der Waals surface area contributed by atoms with Gasteiger partial charge in [0.25, 0.3) is 0 Å². The van der Waals surface area contributed by atoms with Crippen molar-refractivity contribution in [2.24, 2.45) is 0 Å². The highest BCUT2D eigenvalue weighted by atomic mass is 15.1. The van der Waals surface area contributed by atoms with Crippen LogP contribution in [0.2, 0.25) is 0 Å². The lowest BCUT2D eigenvalue weighted by molar-refractivity contribution is -0.463. The highest BCUT2D eigenvalue weighted by Crippen LogP contribution is 2.34. The molecule has 2 nitrogen and oxygen atoms in total. The van der Waals surface area contributed by atoms with E-state index in [2.05, 4.69) is 58.1 Å². The molecule has 1 aromatic heterocycles. The zero-order chi connectivity index (χ0) is 14.5. The molecule has 1 aliphatic carbocycles. The maximum atomic E-state index is 3.62. The lowest BCUT2D eigenvalue weighted by atomic mass is 9.92. The summed E-state index contributed by atoms with van der Waals surface area (Å²) < 4.78 is 2.53. The molecule has 0 amide bonds. The van der Waals surface area contributed by atoms with Gasteiger partial charge in [-0.05, 0) is 41.7 Å². The van der Waals surface area contributed by atoms with Gasteiger partial charge in [0, 0.05) is 17.3 Å². The zero-order valence-electron chi connectivity index (χ0n) is 12.6. The van der Waals surface area contributed by atoms with E-state index in [1.807, 2.05) is 0 Å². The molecule has 0 unspecified atom stereocenters. The molecule has 0 spiro atoms. The van der Waals surface area contributed by atoms with Crippen molar-refractivity contribution in [2.45, 2.75) is 25.8 Å². The summed E-state index contributed by atoms with van der Waals surface area (Å²) in [7, 11) is 0. The molecule has 2 aromatic carbocycles. The quantitative estimate of drug-likeness (QED) is 0.709. The Labute approximate surface area is 130 Å². The average Bonchev–Trinajstić information content (AvgIpc) is 2.92. The van der Waals surface area contributed by atoms with E-state index >= 15 is 0 Å². The van der Waals surface area contributed by atoms with Gasteiger partial charge < -0.3 is 4.57 Å².